The first-order chi connectivity index (χ1) is 6.75. The van der Waals surface area contributed by atoms with Crippen LogP contribution in [0, 0.1) is 5.82 Å². The maximum atomic E-state index is 12.6. The summed E-state index contributed by atoms with van der Waals surface area (Å²) >= 11 is 0. The van der Waals surface area contributed by atoms with E-state index in [1.807, 2.05) is 0 Å². The summed E-state index contributed by atoms with van der Waals surface area (Å²) in [4.78, 5) is 10.1. The van der Waals surface area contributed by atoms with Crippen LogP contribution in [0.5, 0.6) is 0 Å². The lowest BCUT2D eigenvalue weighted by atomic mass is 10.1. The van der Waals surface area contributed by atoms with Gasteiger partial charge in [-0.05, 0) is 19.0 Å². The standard InChI is InChI=1S/C10H12FN3/c1-14-4-2-8(3-5-14)10-12-6-9(11)7-13-10/h2,6-7H,3-5H2,1H3. The van der Waals surface area contributed by atoms with Gasteiger partial charge in [-0.1, -0.05) is 6.08 Å². The van der Waals surface area contributed by atoms with Crippen LogP contribution < -0.4 is 0 Å². The number of aromatic nitrogens is 2. The monoisotopic (exact) mass is 193 g/mol. The summed E-state index contributed by atoms with van der Waals surface area (Å²) in [5.41, 5.74) is 1.11. The average molecular weight is 193 g/mol. The molecule has 2 rings (SSSR count). The van der Waals surface area contributed by atoms with Gasteiger partial charge in [-0.2, -0.15) is 0 Å². The van der Waals surface area contributed by atoms with Crippen LogP contribution in [0.15, 0.2) is 18.5 Å². The Morgan fingerprint density at radius 2 is 2.07 bits per heavy atom. The second kappa shape index (κ2) is 3.84. The van der Waals surface area contributed by atoms with Crippen LogP contribution in [-0.4, -0.2) is 35.0 Å². The van der Waals surface area contributed by atoms with Crippen LogP contribution in [0.25, 0.3) is 5.57 Å². The maximum Gasteiger partial charge on any atom is 0.159 e. The SMILES string of the molecule is CN1CC=C(c2ncc(F)cn2)CC1. The third-order valence-electron chi connectivity index (χ3n) is 2.32. The molecule has 3 nitrogen and oxygen atoms in total. The molecule has 0 radical (unpaired) electrons. The van der Waals surface area contributed by atoms with Gasteiger partial charge < -0.3 is 4.90 Å². The lowest BCUT2D eigenvalue weighted by Crippen LogP contribution is -2.24. The molecule has 4 heteroatoms. The minimum Gasteiger partial charge on any atom is -0.302 e. The smallest absolute Gasteiger partial charge is 0.159 e. The summed E-state index contributed by atoms with van der Waals surface area (Å²) in [5.74, 6) is 0.266. The van der Waals surface area contributed by atoms with Crippen LogP contribution >= 0.6 is 0 Å². The number of hydrogen-bond donors (Lipinski definition) is 0. The van der Waals surface area contributed by atoms with Crippen LogP contribution in [0.2, 0.25) is 0 Å². The van der Waals surface area contributed by atoms with Gasteiger partial charge in [0.2, 0.25) is 0 Å². The van der Waals surface area contributed by atoms with E-state index < -0.39 is 0 Å². The number of rotatable bonds is 1. The van der Waals surface area contributed by atoms with Crippen molar-refractivity contribution in [3.8, 4) is 0 Å². The Bertz CT molecular complexity index is 345. The molecule has 0 saturated heterocycles. The third kappa shape index (κ3) is 1.96. The summed E-state index contributed by atoms with van der Waals surface area (Å²) in [5, 5.41) is 0. The summed E-state index contributed by atoms with van der Waals surface area (Å²) in [7, 11) is 2.07. The van der Waals surface area contributed by atoms with E-state index in [2.05, 4.69) is 28.0 Å². The molecular weight excluding hydrogens is 181 g/mol. The van der Waals surface area contributed by atoms with Crippen molar-refractivity contribution >= 4 is 5.57 Å². The first kappa shape index (κ1) is 9.27. The van der Waals surface area contributed by atoms with Crippen molar-refractivity contribution in [3.63, 3.8) is 0 Å². The number of nitrogens with zero attached hydrogens (tertiary/aromatic N) is 3. The number of halogens is 1. The molecule has 0 aromatic carbocycles. The summed E-state index contributed by atoms with van der Waals surface area (Å²) < 4.78 is 12.6. The molecule has 0 aliphatic carbocycles. The molecule has 1 aliphatic rings. The van der Waals surface area contributed by atoms with Gasteiger partial charge in [0.05, 0.1) is 12.4 Å². The first-order valence-electron chi connectivity index (χ1n) is 4.61. The second-order valence-corrected chi connectivity index (χ2v) is 3.47. The molecule has 0 saturated carbocycles. The number of likely N-dealkylation sites (N-methyl/N-ethyl adjacent to an activating group) is 1. The molecule has 0 spiro atoms. The van der Waals surface area contributed by atoms with Crippen molar-refractivity contribution in [3.05, 3.63) is 30.1 Å². The lowest BCUT2D eigenvalue weighted by molar-refractivity contribution is 0.369. The molecule has 1 aromatic rings. The van der Waals surface area contributed by atoms with Crippen LogP contribution in [-0.2, 0) is 0 Å². The highest BCUT2D eigenvalue weighted by atomic mass is 19.1. The highest BCUT2D eigenvalue weighted by Gasteiger charge is 2.11. The molecule has 1 aliphatic heterocycles. The molecule has 0 unspecified atom stereocenters. The molecule has 14 heavy (non-hydrogen) atoms. The van der Waals surface area contributed by atoms with Crippen molar-refractivity contribution < 1.29 is 4.39 Å². The van der Waals surface area contributed by atoms with E-state index in [9.17, 15) is 4.39 Å². The molecular formula is C10H12FN3. The van der Waals surface area contributed by atoms with Gasteiger partial charge in [0.25, 0.3) is 0 Å². The topological polar surface area (TPSA) is 29.0 Å². The van der Waals surface area contributed by atoms with Gasteiger partial charge in [0.1, 0.15) is 0 Å². The zero-order valence-electron chi connectivity index (χ0n) is 8.07. The van der Waals surface area contributed by atoms with Gasteiger partial charge in [0, 0.05) is 13.1 Å². The molecule has 0 amide bonds. The first-order valence-corrected chi connectivity index (χ1v) is 4.61. The van der Waals surface area contributed by atoms with Crippen molar-refractivity contribution in [1.29, 1.82) is 0 Å². The summed E-state index contributed by atoms with van der Waals surface area (Å²) in [6.07, 6.45) is 5.45. The minimum atomic E-state index is -0.387. The number of hydrogen-bond acceptors (Lipinski definition) is 3. The minimum absolute atomic E-state index is 0.387. The maximum absolute atomic E-state index is 12.6. The Morgan fingerprint density at radius 1 is 1.36 bits per heavy atom. The fourth-order valence-corrected chi connectivity index (χ4v) is 1.45. The van der Waals surface area contributed by atoms with Gasteiger partial charge in [0.15, 0.2) is 11.6 Å². The molecule has 1 aromatic heterocycles. The predicted octanol–water partition coefficient (Wildman–Crippen LogP) is 1.33. The van der Waals surface area contributed by atoms with Crippen molar-refractivity contribution in [2.24, 2.45) is 0 Å². The van der Waals surface area contributed by atoms with E-state index >= 15 is 0 Å². The van der Waals surface area contributed by atoms with Gasteiger partial charge >= 0.3 is 0 Å². The average Bonchev–Trinajstić information content (AvgIpc) is 2.21. The lowest BCUT2D eigenvalue weighted by Gasteiger charge is -2.20. The van der Waals surface area contributed by atoms with Crippen molar-refractivity contribution in [2.75, 3.05) is 20.1 Å². The highest BCUT2D eigenvalue weighted by Crippen LogP contribution is 2.17. The van der Waals surface area contributed by atoms with Crippen molar-refractivity contribution in [1.82, 2.24) is 14.9 Å². The van der Waals surface area contributed by atoms with Crippen LogP contribution in [0.1, 0.15) is 12.2 Å². The molecule has 0 N–H and O–H groups in total. The van der Waals surface area contributed by atoms with E-state index in [-0.39, 0.29) is 5.82 Å². The Hall–Kier alpha value is -1.29. The molecule has 74 valence electrons. The van der Waals surface area contributed by atoms with E-state index in [0.29, 0.717) is 5.82 Å². The Kier molecular flexibility index (Phi) is 2.54. The Balaban J connectivity index is 2.19. The Labute approximate surface area is 82.3 Å². The van der Waals surface area contributed by atoms with Crippen molar-refractivity contribution in [2.45, 2.75) is 6.42 Å². The highest BCUT2D eigenvalue weighted by molar-refractivity contribution is 5.60. The summed E-state index contributed by atoms with van der Waals surface area (Å²) in [6.45, 7) is 1.92. The van der Waals surface area contributed by atoms with Crippen LogP contribution in [0.4, 0.5) is 4.39 Å². The van der Waals surface area contributed by atoms with Gasteiger partial charge in [-0.15, -0.1) is 0 Å². The normalized spacial score (nSPS) is 18.0. The Morgan fingerprint density at radius 3 is 2.64 bits per heavy atom. The third-order valence-corrected chi connectivity index (χ3v) is 2.32. The van der Waals surface area contributed by atoms with E-state index in [4.69, 9.17) is 0 Å². The van der Waals surface area contributed by atoms with E-state index in [1.165, 1.54) is 12.4 Å². The molecule has 0 bridgehead atoms. The fraction of sp³-hybridized carbons (Fsp3) is 0.400. The molecule has 0 fully saturated rings. The quantitative estimate of drug-likeness (QED) is 0.673. The van der Waals surface area contributed by atoms with E-state index in [1.54, 1.807) is 0 Å². The van der Waals surface area contributed by atoms with E-state index in [0.717, 1.165) is 25.1 Å². The zero-order chi connectivity index (χ0) is 9.97. The van der Waals surface area contributed by atoms with Gasteiger partial charge in [-0.25, -0.2) is 14.4 Å². The summed E-state index contributed by atoms with van der Waals surface area (Å²) in [6, 6.07) is 0. The molecule has 0 atom stereocenters. The zero-order valence-corrected chi connectivity index (χ0v) is 8.07. The van der Waals surface area contributed by atoms with Crippen LogP contribution in [0.3, 0.4) is 0 Å². The largest absolute Gasteiger partial charge is 0.302 e. The molecule has 2 heterocycles. The predicted molar refractivity (Wildman–Crippen MR) is 52.1 cm³/mol. The second-order valence-electron chi connectivity index (χ2n) is 3.47. The fourth-order valence-electron chi connectivity index (χ4n) is 1.45. The van der Waals surface area contributed by atoms with Gasteiger partial charge in [-0.3, -0.25) is 0 Å².